The third-order valence-corrected chi connectivity index (χ3v) is 6.00. The van der Waals surface area contributed by atoms with Gasteiger partial charge in [-0.05, 0) is 37.6 Å². The Balaban J connectivity index is 1.66. The lowest BCUT2D eigenvalue weighted by Crippen LogP contribution is -2.43. The quantitative estimate of drug-likeness (QED) is 0.826. The van der Waals surface area contributed by atoms with Gasteiger partial charge in [0.15, 0.2) is 0 Å². The number of imide groups is 1. The highest BCUT2D eigenvalue weighted by molar-refractivity contribution is 7.93. The molecule has 0 radical (unpaired) electrons. The topological polar surface area (TPSA) is 98.8 Å². The Morgan fingerprint density at radius 1 is 1.25 bits per heavy atom. The molecule has 9 heteroatoms. The van der Waals surface area contributed by atoms with Crippen LogP contribution in [0.5, 0.6) is 0 Å². The van der Waals surface area contributed by atoms with Gasteiger partial charge in [-0.3, -0.25) is 14.0 Å². The first kappa shape index (κ1) is 16.6. The number of rotatable bonds is 4. The molecule has 0 spiro atoms. The molecule has 1 unspecified atom stereocenters. The van der Waals surface area contributed by atoms with Gasteiger partial charge in [0, 0.05) is 25.3 Å². The Morgan fingerprint density at radius 3 is 2.50 bits per heavy atom. The van der Waals surface area contributed by atoms with Crippen LogP contribution < -0.4 is 14.9 Å². The van der Waals surface area contributed by atoms with Gasteiger partial charge >= 0.3 is 6.03 Å². The Bertz CT molecular complexity index is 747. The fourth-order valence-electron chi connectivity index (χ4n) is 2.88. The number of carbonyl (C=O) groups excluding carboxylic acids is 2. The molecule has 24 heavy (non-hydrogen) atoms. The molecule has 2 saturated heterocycles. The normalized spacial score (nSPS) is 20.8. The van der Waals surface area contributed by atoms with E-state index in [1.807, 2.05) is 0 Å². The van der Waals surface area contributed by atoms with Crippen LogP contribution in [0.1, 0.15) is 13.3 Å². The molecule has 2 N–H and O–H groups in total. The highest BCUT2D eigenvalue weighted by atomic mass is 32.2. The van der Waals surface area contributed by atoms with E-state index < -0.39 is 16.1 Å². The number of benzene rings is 1. The largest absolute Gasteiger partial charge is 0.374 e. The zero-order valence-electron chi connectivity index (χ0n) is 13.4. The molecule has 0 aliphatic carbocycles. The number of urea groups is 1. The molecule has 8 nitrogen and oxygen atoms in total. The van der Waals surface area contributed by atoms with E-state index in [9.17, 15) is 18.0 Å². The maximum absolute atomic E-state index is 12.2. The van der Waals surface area contributed by atoms with E-state index >= 15 is 0 Å². The Kier molecular flexibility index (Phi) is 4.35. The smallest absolute Gasteiger partial charge is 0.324 e. The second-order valence-electron chi connectivity index (χ2n) is 5.88. The number of nitrogens with one attached hydrogen (secondary N) is 2. The van der Waals surface area contributed by atoms with Crippen molar-refractivity contribution in [2.24, 2.45) is 0 Å². The van der Waals surface area contributed by atoms with E-state index in [1.54, 1.807) is 31.2 Å². The summed E-state index contributed by atoms with van der Waals surface area (Å²) in [5.74, 6) is -0.118. The number of hydrogen-bond acceptors (Lipinski definition) is 5. The maximum Gasteiger partial charge on any atom is 0.324 e. The van der Waals surface area contributed by atoms with Crippen LogP contribution in [0.15, 0.2) is 24.3 Å². The summed E-state index contributed by atoms with van der Waals surface area (Å²) in [7, 11) is -3.20. The fraction of sp³-hybridized carbons (Fsp3) is 0.467. The van der Waals surface area contributed by atoms with E-state index in [0.29, 0.717) is 37.4 Å². The number of carbonyl (C=O) groups is 2. The highest BCUT2D eigenvalue weighted by Gasteiger charge is 2.30. The van der Waals surface area contributed by atoms with Crippen molar-refractivity contribution in [1.82, 2.24) is 10.2 Å². The molecular weight excluding hydrogens is 332 g/mol. The lowest BCUT2D eigenvalue weighted by Gasteiger charge is -2.21. The van der Waals surface area contributed by atoms with Crippen LogP contribution in [-0.2, 0) is 14.8 Å². The predicted octanol–water partition coefficient (Wildman–Crippen LogP) is 0.579. The molecule has 130 valence electrons. The van der Waals surface area contributed by atoms with Crippen LogP contribution >= 0.6 is 0 Å². The van der Waals surface area contributed by atoms with Gasteiger partial charge in [-0.15, -0.1) is 0 Å². The molecular formula is C15H20N4O4S. The fourth-order valence-corrected chi connectivity index (χ4v) is 4.45. The van der Waals surface area contributed by atoms with Crippen molar-refractivity contribution in [3.05, 3.63) is 24.3 Å². The van der Waals surface area contributed by atoms with Crippen LogP contribution in [0.3, 0.4) is 0 Å². The molecule has 3 amide bonds. The minimum atomic E-state index is -3.20. The monoisotopic (exact) mass is 352 g/mol. The number of hydrogen-bond donors (Lipinski definition) is 2. The van der Waals surface area contributed by atoms with Gasteiger partial charge in [0.05, 0.1) is 11.4 Å². The average Bonchev–Trinajstić information content (AvgIpc) is 3.12. The summed E-state index contributed by atoms with van der Waals surface area (Å²) in [6.07, 6.45) is 0.631. The second-order valence-corrected chi connectivity index (χ2v) is 7.89. The molecule has 1 aromatic carbocycles. The third kappa shape index (κ3) is 3.16. The van der Waals surface area contributed by atoms with Gasteiger partial charge in [-0.1, -0.05) is 0 Å². The average molecular weight is 352 g/mol. The van der Waals surface area contributed by atoms with Crippen molar-refractivity contribution >= 4 is 33.3 Å². The van der Waals surface area contributed by atoms with Crippen molar-refractivity contribution in [2.45, 2.75) is 19.4 Å². The summed E-state index contributed by atoms with van der Waals surface area (Å²) >= 11 is 0. The standard InChI is InChI=1S/C15H20N4O4S/c1-11(14(20)18-9-7-16-15(18)21)17-12-3-5-13(6-4-12)19-8-2-10-24(19,22)23/h3-6,11,17H,2,7-10H2,1H3,(H,16,21). The molecule has 1 atom stereocenters. The van der Waals surface area contributed by atoms with Gasteiger partial charge in [0.2, 0.25) is 10.0 Å². The van der Waals surface area contributed by atoms with E-state index in [2.05, 4.69) is 10.6 Å². The predicted molar refractivity (Wildman–Crippen MR) is 90.4 cm³/mol. The first-order valence-electron chi connectivity index (χ1n) is 7.85. The van der Waals surface area contributed by atoms with Crippen molar-refractivity contribution in [3.8, 4) is 0 Å². The van der Waals surface area contributed by atoms with E-state index in [4.69, 9.17) is 0 Å². The first-order chi connectivity index (χ1) is 11.4. The Labute approximate surface area is 140 Å². The summed E-state index contributed by atoms with van der Waals surface area (Å²) in [6.45, 7) is 3.02. The zero-order valence-corrected chi connectivity index (χ0v) is 14.2. The van der Waals surface area contributed by atoms with Crippen molar-refractivity contribution in [2.75, 3.05) is 35.0 Å². The molecule has 0 bridgehead atoms. The molecule has 0 aromatic heterocycles. The number of anilines is 2. The second kappa shape index (κ2) is 6.31. The third-order valence-electron chi connectivity index (χ3n) is 4.13. The van der Waals surface area contributed by atoms with Gasteiger partial charge in [-0.2, -0.15) is 0 Å². The minimum Gasteiger partial charge on any atom is -0.374 e. The molecule has 2 aliphatic heterocycles. The Hall–Kier alpha value is -2.29. The summed E-state index contributed by atoms with van der Waals surface area (Å²) in [5, 5.41) is 5.63. The van der Waals surface area contributed by atoms with E-state index in [1.165, 1.54) is 9.21 Å². The SMILES string of the molecule is CC(Nc1ccc(N2CCCS2(=O)=O)cc1)C(=O)N1CCNC1=O. The van der Waals surface area contributed by atoms with Gasteiger partial charge < -0.3 is 10.6 Å². The van der Waals surface area contributed by atoms with Gasteiger partial charge in [0.1, 0.15) is 6.04 Å². The van der Waals surface area contributed by atoms with Crippen LogP contribution in [0.25, 0.3) is 0 Å². The molecule has 2 heterocycles. The van der Waals surface area contributed by atoms with Crippen molar-refractivity contribution in [3.63, 3.8) is 0 Å². The first-order valence-corrected chi connectivity index (χ1v) is 9.45. The molecule has 2 fully saturated rings. The highest BCUT2D eigenvalue weighted by Crippen LogP contribution is 2.25. The van der Waals surface area contributed by atoms with E-state index in [0.717, 1.165) is 0 Å². The van der Waals surface area contributed by atoms with Crippen LogP contribution in [-0.4, -0.2) is 56.7 Å². The number of amides is 3. The molecule has 3 rings (SSSR count). The summed E-state index contributed by atoms with van der Waals surface area (Å²) in [6, 6.07) is 5.96. The minimum absolute atomic E-state index is 0.177. The molecule has 1 aromatic rings. The van der Waals surface area contributed by atoms with E-state index in [-0.39, 0.29) is 17.7 Å². The van der Waals surface area contributed by atoms with Crippen LogP contribution in [0.2, 0.25) is 0 Å². The lowest BCUT2D eigenvalue weighted by molar-refractivity contribution is -0.128. The summed E-state index contributed by atoms with van der Waals surface area (Å²) < 4.78 is 25.2. The maximum atomic E-state index is 12.2. The molecule has 2 aliphatic rings. The van der Waals surface area contributed by atoms with Crippen LogP contribution in [0.4, 0.5) is 16.2 Å². The summed E-state index contributed by atoms with van der Waals surface area (Å²) in [5.41, 5.74) is 1.31. The number of sulfonamides is 1. The van der Waals surface area contributed by atoms with Crippen molar-refractivity contribution < 1.29 is 18.0 Å². The Morgan fingerprint density at radius 2 is 1.96 bits per heavy atom. The zero-order chi connectivity index (χ0) is 17.3. The lowest BCUT2D eigenvalue weighted by atomic mass is 10.2. The number of nitrogens with zero attached hydrogens (tertiary/aromatic N) is 2. The van der Waals surface area contributed by atoms with Gasteiger partial charge in [-0.25, -0.2) is 13.2 Å². The molecule has 0 saturated carbocycles. The van der Waals surface area contributed by atoms with Crippen molar-refractivity contribution in [1.29, 1.82) is 0 Å². The van der Waals surface area contributed by atoms with Gasteiger partial charge in [0.25, 0.3) is 5.91 Å². The van der Waals surface area contributed by atoms with Crippen LogP contribution in [0, 0.1) is 0 Å². The summed E-state index contributed by atoms with van der Waals surface area (Å²) in [4.78, 5) is 24.9.